The van der Waals surface area contributed by atoms with Crippen molar-refractivity contribution in [3.05, 3.63) is 0 Å². The molecule has 4 aliphatic rings. The molecule has 4 heteroatoms. The fourth-order valence-electron chi connectivity index (χ4n) is 4.30. The maximum Gasteiger partial charge on any atom is 0.257 e. The minimum Gasteiger partial charge on any atom is -0.265 e. The molecule has 0 unspecified atom stereocenters. The fraction of sp³-hybridized carbons (Fsp3) is 1.00. The predicted octanol–water partition coefficient (Wildman–Crippen LogP) is 1.50. The van der Waals surface area contributed by atoms with E-state index in [2.05, 4.69) is 0 Å². The van der Waals surface area contributed by atoms with Gasteiger partial charge in [0.15, 0.2) is 0 Å². The van der Waals surface area contributed by atoms with Gasteiger partial charge in [0, 0.05) is 0 Å². The van der Waals surface area contributed by atoms with Crippen molar-refractivity contribution in [1.82, 2.24) is 0 Å². The summed E-state index contributed by atoms with van der Waals surface area (Å²) < 4.78 is 26.6. The van der Waals surface area contributed by atoms with E-state index in [1.807, 2.05) is 0 Å². The molecule has 80 valence electrons. The normalized spacial score (nSPS) is 50.2. The first-order valence-corrected chi connectivity index (χ1v) is 6.58. The van der Waals surface area contributed by atoms with E-state index < -0.39 is 11.0 Å². The molecule has 0 aromatic carbocycles. The maximum atomic E-state index is 10.7. The lowest BCUT2D eigenvalue weighted by Gasteiger charge is -2.55. The van der Waals surface area contributed by atoms with E-state index in [-0.39, 0.29) is 5.60 Å². The molecule has 0 aromatic heterocycles. The summed E-state index contributed by atoms with van der Waals surface area (Å²) in [5.74, 6) is 2.24. The van der Waals surface area contributed by atoms with Crippen LogP contribution < -0.4 is 0 Å². The molecule has 4 fully saturated rings. The van der Waals surface area contributed by atoms with Gasteiger partial charge in [-0.15, -0.1) is 0 Å². The number of hydrogen-bond donors (Lipinski definition) is 1. The minimum atomic E-state index is -2.66. The molecule has 4 rings (SSSR count). The molecule has 4 bridgehead atoms. The highest BCUT2D eigenvalue weighted by Gasteiger charge is 2.52. The lowest BCUT2D eigenvalue weighted by molar-refractivity contribution is -0.102. The average Bonchev–Trinajstić information content (AvgIpc) is 1.96. The van der Waals surface area contributed by atoms with Crippen LogP contribution in [0.4, 0.5) is 0 Å². The van der Waals surface area contributed by atoms with Crippen molar-refractivity contribution in [2.45, 2.75) is 44.1 Å². The summed E-state index contributed by atoms with van der Waals surface area (Å²) in [5.41, 5.74) is -0.274. The van der Waals surface area contributed by atoms with Crippen LogP contribution in [0.2, 0.25) is 0 Å². The molecule has 0 aliphatic heterocycles. The maximum absolute atomic E-state index is 10.7. The number of hydrogen-bond acceptors (Lipinski definition) is 3. The van der Waals surface area contributed by atoms with Crippen LogP contribution in [0, 0.1) is 17.8 Å². The summed E-state index contributed by atoms with van der Waals surface area (Å²) in [5, 5.41) is 0. The van der Waals surface area contributed by atoms with Crippen LogP contribution >= 0.6 is 0 Å². The third-order valence-electron chi connectivity index (χ3n) is 4.25. The Hall–Kier alpha value is -0.0900. The summed E-state index contributed by atoms with van der Waals surface area (Å²) in [6, 6.07) is 0. The van der Waals surface area contributed by atoms with Crippen LogP contribution in [-0.2, 0) is 15.2 Å². The minimum absolute atomic E-state index is 0.274. The van der Waals surface area contributed by atoms with Crippen molar-refractivity contribution in [3.63, 3.8) is 0 Å². The van der Waals surface area contributed by atoms with E-state index in [0.29, 0.717) is 0 Å². The summed E-state index contributed by atoms with van der Waals surface area (Å²) in [7, 11) is -2.66. The summed E-state index contributed by atoms with van der Waals surface area (Å²) >= 11 is 0. The molecular formula is C10H16O3S. The van der Waals surface area contributed by atoms with E-state index in [4.69, 9.17) is 4.18 Å². The van der Waals surface area contributed by atoms with E-state index in [0.717, 1.165) is 37.0 Å². The van der Waals surface area contributed by atoms with Gasteiger partial charge in [0.25, 0.3) is 11.0 Å². The van der Waals surface area contributed by atoms with Crippen molar-refractivity contribution >= 4 is 11.0 Å². The second-order valence-electron chi connectivity index (χ2n) is 5.42. The highest BCUT2D eigenvalue weighted by Crippen LogP contribution is 2.57. The Kier molecular flexibility index (Phi) is 1.93. The van der Waals surface area contributed by atoms with Crippen LogP contribution in [0.5, 0.6) is 0 Å². The molecular weight excluding hydrogens is 200 g/mol. The first kappa shape index (κ1) is 9.16. The molecule has 3 nitrogen and oxygen atoms in total. The van der Waals surface area contributed by atoms with Gasteiger partial charge in [-0.05, 0) is 56.3 Å². The van der Waals surface area contributed by atoms with Crippen molar-refractivity contribution in [2.75, 3.05) is 0 Å². The van der Waals surface area contributed by atoms with Gasteiger partial charge in [-0.1, -0.05) is 0 Å². The third-order valence-corrected chi connectivity index (χ3v) is 4.79. The topological polar surface area (TPSA) is 43.4 Å². The Balaban J connectivity index is 1.87. The van der Waals surface area contributed by atoms with Crippen LogP contribution in [0.25, 0.3) is 0 Å². The highest BCUT2D eigenvalue weighted by molar-refractivity contribution is 7.67. The van der Waals surface area contributed by atoms with Crippen molar-refractivity contribution in [1.29, 1.82) is 0 Å². The van der Waals surface area contributed by atoms with Crippen molar-refractivity contribution < 1.29 is 12.6 Å². The largest absolute Gasteiger partial charge is 0.265 e. The number of thiol groups is 1. The van der Waals surface area contributed by atoms with E-state index >= 15 is 0 Å². The molecule has 4 saturated carbocycles. The zero-order valence-corrected chi connectivity index (χ0v) is 9.04. The first-order valence-electron chi connectivity index (χ1n) is 5.49. The Morgan fingerprint density at radius 2 is 1.36 bits per heavy atom. The van der Waals surface area contributed by atoms with Gasteiger partial charge in [-0.2, -0.15) is 0 Å². The van der Waals surface area contributed by atoms with Crippen LogP contribution in [0.1, 0.15) is 38.5 Å². The first-order chi connectivity index (χ1) is 6.65. The van der Waals surface area contributed by atoms with Crippen LogP contribution in [-0.4, -0.2) is 14.0 Å². The second-order valence-corrected chi connectivity index (χ2v) is 6.05. The monoisotopic (exact) mass is 216 g/mol. The quantitative estimate of drug-likeness (QED) is 0.711. The molecule has 0 radical (unpaired) electrons. The standard InChI is InChI=1S/C10H16O3S/c11-14(12)13-10-4-7-1-8(5-10)3-9(2-7)6-10/h7-9,14H,1-6H2. The van der Waals surface area contributed by atoms with Gasteiger partial charge in [0.05, 0.1) is 5.60 Å². The Labute approximate surface area is 86.0 Å². The molecule has 0 spiro atoms. The Morgan fingerprint density at radius 1 is 0.929 bits per heavy atom. The lowest BCUT2D eigenvalue weighted by Crippen LogP contribution is -2.51. The zero-order chi connectivity index (χ0) is 9.76. The van der Waals surface area contributed by atoms with Crippen molar-refractivity contribution in [2.24, 2.45) is 17.8 Å². The molecule has 0 atom stereocenters. The molecule has 0 saturated heterocycles. The SMILES string of the molecule is O=[SH](=O)OC12CC3CC(CC(C3)C1)C2. The Bertz CT molecular complexity index is 278. The summed E-state index contributed by atoms with van der Waals surface area (Å²) in [6.07, 6.45) is 6.92. The third kappa shape index (κ3) is 1.39. The highest BCUT2D eigenvalue weighted by atomic mass is 32.2. The van der Waals surface area contributed by atoms with Gasteiger partial charge in [-0.3, -0.25) is 4.18 Å². The van der Waals surface area contributed by atoms with Gasteiger partial charge in [-0.25, -0.2) is 8.42 Å². The lowest BCUT2D eigenvalue weighted by atomic mass is 9.54. The molecule has 0 amide bonds. The molecule has 0 aromatic rings. The Morgan fingerprint density at radius 3 is 1.71 bits per heavy atom. The van der Waals surface area contributed by atoms with Gasteiger partial charge >= 0.3 is 0 Å². The van der Waals surface area contributed by atoms with E-state index in [1.54, 1.807) is 0 Å². The zero-order valence-electron chi connectivity index (χ0n) is 8.15. The molecule has 14 heavy (non-hydrogen) atoms. The van der Waals surface area contributed by atoms with Crippen LogP contribution in [0.3, 0.4) is 0 Å². The van der Waals surface area contributed by atoms with E-state index in [9.17, 15) is 8.42 Å². The van der Waals surface area contributed by atoms with Crippen molar-refractivity contribution in [3.8, 4) is 0 Å². The van der Waals surface area contributed by atoms with Gasteiger partial charge in [0.2, 0.25) is 0 Å². The van der Waals surface area contributed by atoms with Crippen LogP contribution in [0.15, 0.2) is 0 Å². The number of rotatable bonds is 2. The van der Waals surface area contributed by atoms with Gasteiger partial charge in [0.1, 0.15) is 0 Å². The van der Waals surface area contributed by atoms with Gasteiger partial charge < -0.3 is 0 Å². The average molecular weight is 216 g/mol. The smallest absolute Gasteiger partial charge is 0.257 e. The fourth-order valence-corrected chi connectivity index (χ4v) is 4.84. The summed E-state index contributed by atoms with van der Waals surface area (Å²) in [4.78, 5) is 0. The summed E-state index contributed by atoms with van der Waals surface area (Å²) in [6.45, 7) is 0. The molecule has 0 heterocycles. The molecule has 0 N–H and O–H groups in total. The molecule has 4 aliphatic carbocycles. The second kappa shape index (κ2) is 2.95. The predicted molar refractivity (Wildman–Crippen MR) is 52.3 cm³/mol. The van der Waals surface area contributed by atoms with E-state index in [1.165, 1.54) is 19.3 Å².